The Morgan fingerprint density at radius 3 is 2.14 bits per heavy atom. The molecule has 1 atom stereocenters. The molecule has 5 rings (SSSR count). The number of esters is 1. The van der Waals surface area contributed by atoms with Crippen molar-refractivity contribution in [1.82, 2.24) is 0 Å². The Labute approximate surface area is 209 Å². The number of para-hydroxylation sites is 1. The van der Waals surface area contributed by atoms with Crippen LogP contribution in [0, 0.1) is 0 Å². The lowest BCUT2D eigenvalue weighted by molar-refractivity contribution is 0.0280. The number of carbonyl (C=O) groups excluding carboxylic acids is 2. The lowest BCUT2D eigenvalue weighted by Gasteiger charge is -2.20. The molecule has 7 heteroatoms. The first-order chi connectivity index (χ1) is 17.4. The molecule has 0 amide bonds. The number of nitrogens with zero attached hydrogens (tertiary/aromatic N) is 1. The van der Waals surface area contributed by atoms with E-state index in [0.717, 1.165) is 5.56 Å². The minimum atomic E-state index is -3.89. The Balaban J connectivity index is 1.44. The molecule has 180 valence electrons. The molecular formula is C29H23NO5S. The van der Waals surface area contributed by atoms with Gasteiger partial charge in [0.1, 0.15) is 0 Å². The van der Waals surface area contributed by atoms with Crippen LogP contribution in [0.1, 0.15) is 37.9 Å². The predicted molar refractivity (Wildman–Crippen MR) is 136 cm³/mol. The van der Waals surface area contributed by atoms with Crippen molar-refractivity contribution in [3.05, 3.63) is 131 Å². The summed E-state index contributed by atoms with van der Waals surface area (Å²) in [4.78, 5) is 26.4. The first-order valence-electron chi connectivity index (χ1n) is 11.5. The van der Waals surface area contributed by atoms with Gasteiger partial charge in [-0.25, -0.2) is 13.2 Å². The van der Waals surface area contributed by atoms with Gasteiger partial charge in [-0.2, -0.15) is 0 Å². The smallest absolute Gasteiger partial charge is 0.339 e. The number of anilines is 1. The molecule has 4 aromatic rings. The lowest BCUT2D eigenvalue weighted by Crippen LogP contribution is -2.29. The minimum Gasteiger partial charge on any atom is -0.445 e. The molecule has 0 bridgehead atoms. The van der Waals surface area contributed by atoms with E-state index in [9.17, 15) is 18.0 Å². The number of ether oxygens (including phenoxy) is 1. The fourth-order valence-corrected chi connectivity index (χ4v) is 5.85. The summed E-state index contributed by atoms with van der Waals surface area (Å²) in [5.41, 5.74) is 2.58. The zero-order valence-electron chi connectivity index (χ0n) is 19.3. The molecule has 0 fully saturated rings. The average Bonchev–Trinajstić information content (AvgIpc) is 3.37. The van der Waals surface area contributed by atoms with Crippen molar-refractivity contribution < 1.29 is 22.7 Å². The van der Waals surface area contributed by atoms with Gasteiger partial charge in [-0.15, -0.1) is 0 Å². The van der Waals surface area contributed by atoms with Crippen LogP contribution in [0.25, 0.3) is 0 Å². The first-order valence-corrected chi connectivity index (χ1v) is 12.9. The van der Waals surface area contributed by atoms with Crippen LogP contribution in [0.2, 0.25) is 0 Å². The van der Waals surface area contributed by atoms with Crippen molar-refractivity contribution in [3.8, 4) is 0 Å². The van der Waals surface area contributed by atoms with Crippen molar-refractivity contribution in [2.24, 2.45) is 0 Å². The lowest BCUT2D eigenvalue weighted by atomic mass is 10.00. The number of ketones is 1. The topological polar surface area (TPSA) is 80.8 Å². The van der Waals surface area contributed by atoms with Gasteiger partial charge in [0, 0.05) is 17.7 Å². The summed E-state index contributed by atoms with van der Waals surface area (Å²) in [7, 11) is -3.89. The van der Waals surface area contributed by atoms with Gasteiger partial charge in [0.05, 0.1) is 16.1 Å². The van der Waals surface area contributed by atoms with E-state index in [1.165, 1.54) is 28.6 Å². The molecule has 0 N–H and O–H groups in total. The number of rotatable bonds is 7. The molecule has 6 nitrogen and oxygen atoms in total. The third kappa shape index (κ3) is 4.53. The maximum absolute atomic E-state index is 13.4. The second-order valence-electron chi connectivity index (χ2n) is 8.41. The highest BCUT2D eigenvalue weighted by Gasteiger charge is 2.32. The molecule has 1 heterocycles. The molecule has 36 heavy (non-hydrogen) atoms. The van der Waals surface area contributed by atoms with E-state index in [1.807, 2.05) is 12.1 Å². The summed E-state index contributed by atoms with van der Waals surface area (Å²) < 4.78 is 33.9. The molecule has 0 saturated heterocycles. The third-order valence-corrected chi connectivity index (χ3v) is 7.94. The fraction of sp³-hybridized carbons (Fsp3) is 0.103. The zero-order valence-corrected chi connectivity index (χ0v) is 20.1. The summed E-state index contributed by atoms with van der Waals surface area (Å²) >= 11 is 0. The van der Waals surface area contributed by atoms with Crippen LogP contribution >= 0.6 is 0 Å². The van der Waals surface area contributed by atoms with E-state index in [4.69, 9.17) is 4.74 Å². The van der Waals surface area contributed by atoms with E-state index >= 15 is 0 Å². The summed E-state index contributed by atoms with van der Waals surface area (Å²) in [5.74, 6) is -1.15. The molecule has 4 aromatic carbocycles. The largest absolute Gasteiger partial charge is 0.445 e. The van der Waals surface area contributed by atoms with Gasteiger partial charge in [-0.1, -0.05) is 84.9 Å². The molecule has 1 aliphatic rings. The monoisotopic (exact) mass is 497 g/mol. The van der Waals surface area contributed by atoms with Crippen molar-refractivity contribution in [3.63, 3.8) is 0 Å². The summed E-state index contributed by atoms with van der Waals surface area (Å²) in [6, 6.07) is 30.4. The molecule has 0 unspecified atom stereocenters. The third-order valence-electron chi connectivity index (χ3n) is 6.13. The van der Waals surface area contributed by atoms with Crippen LogP contribution in [0.3, 0.4) is 0 Å². The Bertz CT molecular complexity index is 1520. The van der Waals surface area contributed by atoms with Gasteiger partial charge >= 0.3 is 5.97 Å². The SMILES string of the molecule is O=C(O[C@H](C(=O)c1ccccc1)c1ccccc1)c1cccc(S(=O)(=O)N2CCc3ccccc32)c1. The first kappa shape index (κ1) is 23.5. The van der Waals surface area contributed by atoms with Gasteiger partial charge in [0.2, 0.25) is 5.78 Å². The Kier molecular flexibility index (Phi) is 6.40. The standard InChI is InChI=1S/C29H23NO5S/c31-27(22-11-3-1-4-12-22)28(23-13-5-2-6-14-23)35-29(32)24-15-9-16-25(20-24)36(33,34)30-19-18-21-10-7-8-17-26(21)30/h1-17,20,28H,18-19H2/t28-/m0/s1. The van der Waals surface area contributed by atoms with E-state index in [0.29, 0.717) is 29.8 Å². The Morgan fingerprint density at radius 1 is 0.750 bits per heavy atom. The van der Waals surface area contributed by atoms with Crippen molar-refractivity contribution >= 4 is 27.5 Å². The summed E-state index contributed by atoms with van der Waals surface area (Å²) in [6.07, 6.45) is -0.552. The zero-order chi connectivity index (χ0) is 25.1. The minimum absolute atomic E-state index is 0.0145. The second-order valence-corrected chi connectivity index (χ2v) is 10.3. The molecule has 1 aliphatic heterocycles. The number of hydrogen-bond acceptors (Lipinski definition) is 5. The maximum atomic E-state index is 13.4. The van der Waals surface area contributed by atoms with Crippen LogP contribution in [0.5, 0.6) is 0 Å². The summed E-state index contributed by atoms with van der Waals surface area (Å²) in [6.45, 7) is 0.331. The van der Waals surface area contributed by atoms with Crippen LogP contribution in [0.15, 0.2) is 114 Å². The molecule has 0 radical (unpaired) electrons. The van der Waals surface area contributed by atoms with Gasteiger partial charge in [0.25, 0.3) is 10.0 Å². The van der Waals surface area contributed by atoms with E-state index < -0.39 is 22.1 Å². The molecule has 0 spiro atoms. The normalized spacial score (nSPS) is 13.6. The molecule has 0 aromatic heterocycles. The second kappa shape index (κ2) is 9.79. The molecule has 0 saturated carbocycles. The number of fused-ring (bicyclic) bond motifs is 1. The Morgan fingerprint density at radius 2 is 1.39 bits per heavy atom. The number of carbonyl (C=O) groups is 2. The quantitative estimate of drug-likeness (QED) is 0.258. The van der Waals surface area contributed by atoms with E-state index in [2.05, 4.69) is 0 Å². The molecular weight excluding hydrogens is 474 g/mol. The number of benzene rings is 4. The maximum Gasteiger partial charge on any atom is 0.339 e. The number of sulfonamides is 1. The molecule has 0 aliphatic carbocycles. The van der Waals surface area contributed by atoms with Crippen LogP contribution < -0.4 is 4.31 Å². The van der Waals surface area contributed by atoms with Crippen LogP contribution in [-0.4, -0.2) is 26.7 Å². The van der Waals surface area contributed by atoms with Gasteiger partial charge in [-0.05, 0) is 36.2 Å². The van der Waals surface area contributed by atoms with Gasteiger partial charge in [-0.3, -0.25) is 9.10 Å². The highest BCUT2D eigenvalue weighted by molar-refractivity contribution is 7.92. The van der Waals surface area contributed by atoms with Gasteiger partial charge < -0.3 is 4.74 Å². The van der Waals surface area contributed by atoms with E-state index in [-0.39, 0.29) is 16.2 Å². The Hall–Kier alpha value is -4.23. The predicted octanol–water partition coefficient (Wildman–Crippen LogP) is 5.22. The van der Waals surface area contributed by atoms with Gasteiger partial charge in [0.15, 0.2) is 6.10 Å². The summed E-state index contributed by atoms with van der Waals surface area (Å²) in [5, 5.41) is 0. The highest BCUT2D eigenvalue weighted by Crippen LogP contribution is 2.33. The van der Waals surface area contributed by atoms with Crippen LogP contribution in [0.4, 0.5) is 5.69 Å². The number of Topliss-reactive ketones (excluding diaryl/α,β-unsaturated/α-hetero) is 1. The number of hydrogen-bond donors (Lipinski definition) is 0. The van der Waals surface area contributed by atoms with Crippen molar-refractivity contribution in [2.75, 3.05) is 10.8 Å². The average molecular weight is 498 g/mol. The van der Waals surface area contributed by atoms with Crippen molar-refractivity contribution in [1.29, 1.82) is 0 Å². The van der Waals surface area contributed by atoms with Crippen LogP contribution in [-0.2, 0) is 21.2 Å². The van der Waals surface area contributed by atoms with Crippen molar-refractivity contribution in [2.45, 2.75) is 17.4 Å². The highest BCUT2D eigenvalue weighted by atomic mass is 32.2. The van der Waals surface area contributed by atoms with E-state index in [1.54, 1.807) is 72.8 Å². The fourth-order valence-electron chi connectivity index (χ4n) is 4.30.